The second kappa shape index (κ2) is 9.80. The van der Waals surface area contributed by atoms with E-state index >= 15 is 0 Å². The number of nitrogens with one attached hydrogen (secondary N) is 1. The molecule has 114 valence electrons. The van der Waals surface area contributed by atoms with Crippen LogP contribution in [-0.4, -0.2) is 30.5 Å². The lowest BCUT2D eigenvalue weighted by Gasteiger charge is -2.16. The van der Waals surface area contributed by atoms with E-state index in [0.717, 1.165) is 24.6 Å². The van der Waals surface area contributed by atoms with E-state index in [1.807, 2.05) is 12.1 Å². The fourth-order valence-electron chi connectivity index (χ4n) is 2.08. The highest BCUT2D eigenvalue weighted by Gasteiger charge is 2.13. The van der Waals surface area contributed by atoms with Crippen molar-refractivity contribution >= 4 is 42.2 Å². The van der Waals surface area contributed by atoms with E-state index in [9.17, 15) is 4.79 Å². The number of carbonyl (C=O) groups excluding carboxylic acids is 1. The Kier molecular flexibility index (Phi) is 9.29. The number of pyridine rings is 1. The average Bonchev–Trinajstić information content (AvgIpc) is 2.91. The molecule has 1 aliphatic heterocycles. The van der Waals surface area contributed by atoms with Gasteiger partial charge in [-0.25, -0.2) is 4.98 Å². The molecule has 0 spiro atoms. The zero-order valence-corrected chi connectivity index (χ0v) is 13.0. The zero-order chi connectivity index (χ0) is 12.8. The lowest BCUT2D eigenvalue weighted by Crippen LogP contribution is -2.19. The van der Waals surface area contributed by atoms with E-state index in [-0.39, 0.29) is 30.7 Å². The predicted molar refractivity (Wildman–Crippen MR) is 87.1 cm³/mol. The van der Waals surface area contributed by atoms with Crippen molar-refractivity contribution in [3.05, 3.63) is 18.3 Å². The molecule has 0 aromatic carbocycles. The molecule has 0 saturated carbocycles. The summed E-state index contributed by atoms with van der Waals surface area (Å²) in [6.07, 6.45) is 5.36. The summed E-state index contributed by atoms with van der Waals surface area (Å²) in [6.45, 7) is 2.70. The molecule has 0 unspecified atom stereocenters. The van der Waals surface area contributed by atoms with Gasteiger partial charge >= 0.3 is 0 Å². The SMILES string of the molecule is Cl.Cl.NCCCC(=O)Nc1ccc(N2CCCC2)nc1. The van der Waals surface area contributed by atoms with Crippen LogP contribution in [0.2, 0.25) is 0 Å². The van der Waals surface area contributed by atoms with Crippen LogP contribution in [-0.2, 0) is 4.79 Å². The van der Waals surface area contributed by atoms with Gasteiger partial charge in [-0.3, -0.25) is 4.79 Å². The molecule has 5 nitrogen and oxygen atoms in total. The summed E-state index contributed by atoms with van der Waals surface area (Å²) in [4.78, 5) is 18.2. The van der Waals surface area contributed by atoms with Gasteiger partial charge in [0, 0.05) is 19.5 Å². The number of nitrogens with two attached hydrogens (primary N) is 1. The van der Waals surface area contributed by atoms with Crippen LogP contribution < -0.4 is 16.0 Å². The summed E-state index contributed by atoms with van der Waals surface area (Å²) >= 11 is 0. The van der Waals surface area contributed by atoms with Crippen LogP contribution in [0.15, 0.2) is 18.3 Å². The van der Waals surface area contributed by atoms with Crippen molar-refractivity contribution in [1.82, 2.24) is 4.98 Å². The number of nitrogens with zero attached hydrogens (tertiary/aromatic N) is 2. The van der Waals surface area contributed by atoms with Crippen molar-refractivity contribution in [2.45, 2.75) is 25.7 Å². The van der Waals surface area contributed by atoms with Gasteiger partial charge in [0.25, 0.3) is 0 Å². The monoisotopic (exact) mass is 320 g/mol. The molecule has 1 fully saturated rings. The molecule has 1 saturated heterocycles. The van der Waals surface area contributed by atoms with Crippen molar-refractivity contribution in [2.75, 3.05) is 29.9 Å². The van der Waals surface area contributed by atoms with E-state index < -0.39 is 0 Å². The summed E-state index contributed by atoms with van der Waals surface area (Å²) in [5.41, 5.74) is 6.11. The van der Waals surface area contributed by atoms with Crippen molar-refractivity contribution in [3.8, 4) is 0 Å². The Balaban J connectivity index is 0.00000180. The van der Waals surface area contributed by atoms with Crippen LogP contribution >= 0.6 is 24.8 Å². The second-order valence-corrected chi connectivity index (χ2v) is 4.54. The first kappa shape index (κ1) is 19.0. The third-order valence-electron chi connectivity index (χ3n) is 3.07. The second-order valence-electron chi connectivity index (χ2n) is 4.54. The van der Waals surface area contributed by atoms with Crippen molar-refractivity contribution in [3.63, 3.8) is 0 Å². The number of rotatable bonds is 5. The van der Waals surface area contributed by atoms with E-state index in [2.05, 4.69) is 15.2 Å². The van der Waals surface area contributed by atoms with Gasteiger partial charge in [-0.15, -0.1) is 24.8 Å². The molecule has 2 rings (SSSR count). The molecule has 7 heteroatoms. The molecule has 0 atom stereocenters. The molecular weight excluding hydrogens is 299 g/mol. The Morgan fingerprint density at radius 2 is 2.00 bits per heavy atom. The third kappa shape index (κ3) is 5.53. The predicted octanol–water partition coefficient (Wildman–Crippen LogP) is 2.20. The van der Waals surface area contributed by atoms with E-state index in [0.29, 0.717) is 19.4 Å². The zero-order valence-electron chi connectivity index (χ0n) is 11.4. The minimum Gasteiger partial charge on any atom is -0.357 e. The first-order valence-corrected chi connectivity index (χ1v) is 6.50. The Morgan fingerprint density at radius 3 is 2.55 bits per heavy atom. The summed E-state index contributed by atoms with van der Waals surface area (Å²) < 4.78 is 0. The summed E-state index contributed by atoms with van der Waals surface area (Å²) in [6, 6.07) is 3.87. The van der Waals surface area contributed by atoms with Gasteiger partial charge < -0.3 is 16.0 Å². The van der Waals surface area contributed by atoms with Crippen molar-refractivity contribution in [2.24, 2.45) is 5.73 Å². The van der Waals surface area contributed by atoms with Crippen molar-refractivity contribution < 1.29 is 4.79 Å². The van der Waals surface area contributed by atoms with Gasteiger partial charge in [-0.1, -0.05) is 0 Å². The Morgan fingerprint density at radius 1 is 1.30 bits per heavy atom. The van der Waals surface area contributed by atoms with Crippen LogP contribution in [0, 0.1) is 0 Å². The molecule has 3 N–H and O–H groups in total. The largest absolute Gasteiger partial charge is 0.357 e. The first-order chi connectivity index (χ1) is 8.79. The number of amides is 1. The quantitative estimate of drug-likeness (QED) is 0.872. The van der Waals surface area contributed by atoms with E-state index in [1.165, 1.54) is 12.8 Å². The Bertz CT molecular complexity index is 394. The Labute approximate surface area is 132 Å². The maximum absolute atomic E-state index is 11.5. The molecule has 1 aromatic rings. The van der Waals surface area contributed by atoms with Gasteiger partial charge in [0.2, 0.25) is 5.91 Å². The molecule has 1 aromatic heterocycles. The highest BCUT2D eigenvalue weighted by Crippen LogP contribution is 2.19. The van der Waals surface area contributed by atoms with E-state index in [4.69, 9.17) is 5.73 Å². The molecular formula is C13H22Cl2N4O. The summed E-state index contributed by atoms with van der Waals surface area (Å²) in [5, 5.41) is 2.82. The number of halogens is 2. The van der Waals surface area contributed by atoms with Crippen LogP contribution in [0.5, 0.6) is 0 Å². The van der Waals surface area contributed by atoms with Crippen molar-refractivity contribution in [1.29, 1.82) is 0 Å². The number of anilines is 2. The topological polar surface area (TPSA) is 71.2 Å². The first-order valence-electron chi connectivity index (χ1n) is 6.50. The lowest BCUT2D eigenvalue weighted by molar-refractivity contribution is -0.116. The van der Waals surface area contributed by atoms with Gasteiger partial charge in [0.15, 0.2) is 0 Å². The fraction of sp³-hybridized carbons (Fsp3) is 0.538. The van der Waals surface area contributed by atoms with Gasteiger partial charge in [0.1, 0.15) is 5.82 Å². The molecule has 1 amide bonds. The smallest absolute Gasteiger partial charge is 0.224 e. The van der Waals surface area contributed by atoms with Gasteiger partial charge in [-0.2, -0.15) is 0 Å². The maximum atomic E-state index is 11.5. The molecule has 0 bridgehead atoms. The number of hydrogen-bond donors (Lipinski definition) is 2. The fourth-order valence-corrected chi connectivity index (χ4v) is 2.08. The van der Waals surface area contributed by atoms with Crippen LogP contribution in [0.1, 0.15) is 25.7 Å². The highest BCUT2D eigenvalue weighted by molar-refractivity contribution is 5.90. The van der Waals surface area contributed by atoms with Crippen LogP contribution in [0.4, 0.5) is 11.5 Å². The Hall–Kier alpha value is -1.04. The number of hydrogen-bond acceptors (Lipinski definition) is 4. The molecule has 1 aliphatic rings. The van der Waals surface area contributed by atoms with Crippen LogP contribution in [0.3, 0.4) is 0 Å². The van der Waals surface area contributed by atoms with Gasteiger partial charge in [0.05, 0.1) is 11.9 Å². The third-order valence-corrected chi connectivity index (χ3v) is 3.07. The number of aromatic nitrogens is 1. The lowest BCUT2D eigenvalue weighted by atomic mass is 10.3. The number of carbonyl (C=O) groups is 1. The normalized spacial score (nSPS) is 13.3. The molecule has 0 aliphatic carbocycles. The van der Waals surface area contributed by atoms with Crippen LogP contribution in [0.25, 0.3) is 0 Å². The minimum absolute atomic E-state index is 0. The average molecular weight is 321 g/mol. The van der Waals surface area contributed by atoms with E-state index in [1.54, 1.807) is 6.20 Å². The molecule has 0 radical (unpaired) electrons. The summed E-state index contributed by atoms with van der Waals surface area (Å²) in [7, 11) is 0. The minimum atomic E-state index is -0.00354. The summed E-state index contributed by atoms with van der Waals surface area (Å²) in [5.74, 6) is 0.989. The standard InChI is InChI=1S/C13H20N4O.2ClH/c14-7-3-4-13(18)16-11-5-6-12(15-10-11)17-8-1-2-9-17;;/h5-6,10H,1-4,7-9,14H2,(H,16,18);2*1H. The molecule has 20 heavy (non-hydrogen) atoms. The van der Waals surface area contributed by atoms with Gasteiger partial charge in [-0.05, 0) is 37.9 Å². The maximum Gasteiger partial charge on any atom is 0.224 e. The highest BCUT2D eigenvalue weighted by atomic mass is 35.5. The molecule has 2 heterocycles.